The highest BCUT2D eigenvalue weighted by Crippen LogP contribution is 2.38. The monoisotopic (exact) mass is 322 g/mol. The van der Waals surface area contributed by atoms with Gasteiger partial charge in [0.15, 0.2) is 0 Å². The Kier molecular flexibility index (Phi) is 9.01. The van der Waals surface area contributed by atoms with E-state index >= 15 is 0 Å². The van der Waals surface area contributed by atoms with Crippen LogP contribution in [0.4, 0.5) is 0 Å². The van der Waals surface area contributed by atoms with Gasteiger partial charge in [-0.15, -0.1) is 0 Å². The Bertz CT molecular complexity index is 284. The summed E-state index contributed by atoms with van der Waals surface area (Å²) in [6, 6.07) is 0. The highest BCUT2D eigenvalue weighted by Gasteiger charge is 2.29. The zero-order valence-electron chi connectivity index (χ0n) is 16.2. The van der Waals surface area contributed by atoms with E-state index in [0.29, 0.717) is 0 Å². The molecule has 0 bridgehead atoms. The van der Waals surface area contributed by atoms with Gasteiger partial charge < -0.3 is 4.74 Å². The van der Waals surface area contributed by atoms with E-state index in [1.165, 1.54) is 77.0 Å². The molecule has 0 heterocycles. The normalized spacial score (nSPS) is 28.2. The third-order valence-electron chi connectivity index (χ3n) is 6.71. The third-order valence-corrected chi connectivity index (χ3v) is 6.71. The number of ether oxygens (including phenoxy) is 1. The van der Waals surface area contributed by atoms with E-state index < -0.39 is 0 Å². The first kappa shape index (κ1) is 19.3. The summed E-state index contributed by atoms with van der Waals surface area (Å²) < 4.78 is 6.24. The highest BCUT2D eigenvalue weighted by molar-refractivity contribution is 4.80. The molecule has 0 aromatic carbocycles. The van der Waals surface area contributed by atoms with Crippen LogP contribution in [0.15, 0.2) is 0 Å². The van der Waals surface area contributed by atoms with Gasteiger partial charge in [-0.1, -0.05) is 72.1 Å². The summed E-state index contributed by atoms with van der Waals surface area (Å²) in [5.74, 6) is 4.40. The fourth-order valence-corrected chi connectivity index (χ4v) is 5.00. The van der Waals surface area contributed by atoms with Crippen molar-refractivity contribution in [3.8, 4) is 0 Å². The van der Waals surface area contributed by atoms with Crippen molar-refractivity contribution in [2.24, 2.45) is 29.6 Å². The highest BCUT2D eigenvalue weighted by atomic mass is 16.5. The largest absolute Gasteiger partial charge is 0.381 e. The van der Waals surface area contributed by atoms with E-state index in [1.807, 2.05) is 0 Å². The van der Waals surface area contributed by atoms with E-state index in [2.05, 4.69) is 20.8 Å². The molecule has 2 aliphatic carbocycles. The van der Waals surface area contributed by atoms with E-state index in [9.17, 15) is 0 Å². The van der Waals surface area contributed by atoms with Crippen LogP contribution in [0, 0.1) is 29.6 Å². The molecular formula is C22H42O. The maximum absolute atomic E-state index is 6.24. The van der Waals surface area contributed by atoms with Crippen molar-refractivity contribution < 1.29 is 4.74 Å². The second kappa shape index (κ2) is 10.7. The molecule has 136 valence electrons. The van der Waals surface area contributed by atoms with Crippen LogP contribution in [0.3, 0.4) is 0 Å². The summed E-state index contributed by atoms with van der Waals surface area (Å²) in [4.78, 5) is 0. The van der Waals surface area contributed by atoms with Crippen molar-refractivity contribution in [3.63, 3.8) is 0 Å². The molecule has 0 saturated heterocycles. The second-order valence-corrected chi connectivity index (χ2v) is 8.87. The van der Waals surface area contributed by atoms with Crippen LogP contribution in [0.1, 0.15) is 97.8 Å². The van der Waals surface area contributed by atoms with Gasteiger partial charge in [-0.05, 0) is 55.3 Å². The summed E-state index contributed by atoms with van der Waals surface area (Å²) in [6.45, 7) is 9.22. The SMILES string of the molecule is CCCCC1CCC(C(COCC2CCCCC2)C(C)C)CC1. The zero-order chi connectivity index (χ0) is 16.5. The molecule has 0 aliphatic heterocycles. The van der Waals surface area contributed by atoms with Crippen molar-refractivity contribution in [1.82, 2.24) is 0 Å². The van der Waals surface area contributed by atoms with Gasteiger partial charge in [0.25, 0.3) is 0 Å². The Labute approximate surface area is 146 Å². The first-order valence-electron chi connectivity index (χ1n) is 10.8. The molecule has 0 aromatic rings. The van der Waals surface area contributed by atoms with Crippen LogP contribution >= 0.6 is 0 Å². The van der Waals surface area contributed by atoms with E-state index in [4.69, 9.17) is 4.74 Å². The molecule has 0 spiro atoms. The minimum absolute atomic E-state index is 0.776. The van der Waals surface area contributed by atoms with Gasteiger partial charge in [0.1, 0.15) is 0 Å². The summed E-state index contributed by atoms with van der Waals surface area (Å²) in [5, 5.41) is 0. The smallest absolute Gasteiger partial charge is 0.0499 e. The summed E-state index contributed by atoms with van der Waals surface area (Å²) in [5.41, 5.74) is 0. The predicted molar refractivity (Wildman–Crippen MR) is 101 cm³/mol. The van der Waals surface area contributed by atoms with E-state index in [-0.39, 0.29) is 0 Å². The van der Waals surface area contributed by atoms with Crippen molar-refractivity contribution in [2.45, 2.75) is 97.8 Å². The van der Waals surface area contributed by atoms with Crippen LogP contribution in [0.5, 0.6) is 0 Å². The summed E-state index contributed by atoms with van der Waals surface area (Å²) in [7, 11) is 0. The van der Waals surface area contributed by atoms with Gasteiger partial charge in [-0.2, -0.15) is 0 Å². The van der Waals surface area contributed by atoms with Crippen LogP contribution in [0.25, 0.3) is 0 Å². The molecule has 2 fully saturated rings. The molecule has 1 atom stereocenters. The molecule has 0 amide bonds. The number of hydrogen-bond acceptors (Lipinski definition) is 1. The summed E-state index contributed by atoms with van der Waals surface area (Å²) in [6.07, 6.45) is 17.3. The summed E-state index contributed by atoms with van der Waals surface area (Å²) >= 11 is 0. The molecule has 0 N–H and O–H groups in total. The standard InChI is InChI=1S/C22H42O/c1-4-5-9-19-12-14-21(15-13-19)22(18(2)3)17-23-16-20-10-7-6-8-11-20/h18-22H,4-17H2,1-3H3. The Morgan fingerprint density at radius 3 is 2.17 bits per heavy atom. The number of hydrogen-bond donors (Lipinski definition) is 0. The van der Waals surface area contributed by atoms with Gasteiger partial charge in [-0.25, -0.2) is 0 Å². The Hall–Kier alpha value is -0.0400. The quantitative estimate of drug-likeness (QED) is 0.451. The Morgan fingerprint density at radius 2 is 1.57 bits per heavy atom. The van der Waals surface area contributed by atoms with Crippen LogP contribution in [0.2, 0.25) is 0 Å². The fourth-order valence-electron chi connectivity index (χ4n) is 5.00. The second-order valence-electron chi connectivity index (χ2n) is 8.87. The fraction of sp³-hybridized carbons (Fsp3) is 1.00. The Balaban J connectivity index is 1.69. The van der Waals surface area contributed by atoms with Crippen molar-refractivity contribution in [1.29, 1.82) is 0 Å². The van der Waals surface area contributed by atoms with Crippen molar-refractivity contribution >= 4 is 0 Å². The van der Waals surface area contributed by atoms with Crippen molar-refractivity contribution in [3.05, 3.63) is 0 Å². The lowest BCUT2D eigenvalue weighted by atomic mass is 9.71. The number of rotatable bonds is 9. The van der Waals surface area contributed by atoms with Gasteiger partial charge in [0.05, 0.1) is 0 Å². The van der Waals surface area contributed by atoms with Crippen LogP contribution in [-0.4, -0.2) is 13.2 Å². The average molecular weight is 323 g/mol. The van der Waals surface area contributed by atoms with Crippen molar-refractivity contribution in [2.75, 3.05) is 13.2 Å². The molecule has 1 heteroatoms. The lowest BCUT2D eigenvalue weighted by Crippen LogP contribution is -2.30. The molecule has 2 aliphatic rings. The molecule has 2 saturated carbocycles. The van der Waals surface area contributed by atoms with Crippen LogP contribution in [-0.2, 0) is 4.74 Å². The average Bonchev–Trinajstić information content (AvgIpc) is 2.58. The van der Waals surface area contributed by atoms with Gasteiger partial charge >= 0.3 is 0 Å². The van der Waals surface area contributed by atoms with E-state index in [0.717, 1.165) is 42.8 Å². The minimum atomic E-state index is 0.776. The lowest BCUT2D eigenvalue weighted by molar-refractivity contribution is 0.0181. The van der Waals surface area contributed by atoms with Gasteiger partial charge in [-0.3, -0.25) is 0 Å². The molecule has 1 nitrogen and oxygen atoms in total. The van der Waals surface area contributed by atoms with E-state index in [1.54, 1.807) is 0 Å². The first-order valence-corrected chi connectivity index (χ1v) is 10.8. The Morgan fingerprint density at radius 1 is 0.870 bits per heavy atom. The number of unbranched alkanes of at least 4 members (excludes halogenated alkanes) is 1. The topological polar surface area (TPSA) is 9.23 Å². The molecule has 23 heavy (non-hydrogen) atoms. The lowest BCUT2D eigenvalue weighted by Gasteiger charge is -2.36. The molecular weight excluding hydrogens is 280 g/mol. The van der Waals surface area contributed by atoms with Crippen LogP contribution < -0.4 is 0 Å². The third kappa shape index (κ3) is 6.77. The predicted octanol–water partition coefficient (Wildman–Crippen LogP) is 6.85. The molecule has 0 radical (unpaired) electrons. The molecule has 2 rings (SSSR count). The molecule has 0 aromatic heterocycles. The minimum Gasteiger partial charge on any atom is -0.381 e. The maximum atomic E-state index is 6.24. The zero-order valence-corrected chi connectivity index (χ0v) is 16.2. The first-order chi connectivity index (χ1) is 11.2. The maximum Gasteiger partial charge on any atom is 0.0499 e. The molecule has 1 unspecified atom stereocenters. The van der Waals surface area contributed by atoms with Gasteiger partial charge in [0.2, 0.25) is 0 Å². The van der Waals surface area contributed by atoms with Gasteiger partial charge in [0, 0.05) is 13.2 Å².